The molecule has 0 N–H and O–H groups in total. The minimum Gasteiger partial charge on any atom is -0.465 e. The van der Waals surface area contributed by atoms with E-state index in [1.54, 1.807) is 19.9 Å². The zero-order chi connectivity index (χ0) is 15.5. The van der Waals surface area contributed by atoms with Crippen LogP contribution in [0.25, 0.3) is 0 Å². The first kappa shape index (κ1) is 16.6. The van der Waals surface area contributed by atoms with Crippen molar-refractivity contribution in [3.8, 4) is 0 Å². The smallest absolute Gasteiger partial charge is 0.319 e. The molecule has 0 bridgehead atoms. The van der Waals surface area contributed by atoms with Crippen LogP contribution in [0.1, 0.15) is 26.3 Å². The zero-order valence-corrected chi connectivity index (χ0v) is 13.6. The summed E-state index contributed by atoms with van der Waals surface area (Å²) in [5.41, 5.74) is -0.992. The molecule has 5 nitrogen and oxygen atoms in total. The van der Waals surface area contributed by atoms with Gasteiger partial charge in [0, 0.05) is 16.2 Å². The summed E-state index contributed by atoms with van der Waals surface area (Å²) in [6, 6.07) is 1.68. The number of halogens is 1. The summed E-state index contributed by atoms with van der Waals surface area (Å²) < 4.78 is 6.89. The molecule has 0 aromatic carbocycles. The van der Waals surface area contributed by atoms with E-state index in [-0.39, 0.29) is 24.5 Å². The average molecular weight is 344 g/mol. The fourth-order valence-electron chi connectivity index (χ4n) is 1.64. The van der Waals surface area contributed by atoms with Crippen LogP contribution < -0.4 is 5.56 Å². The molecule has 0 aliphatic rings. The molecule has 110 valence electrons. The highest BCUT2D eigenvalue weighted by Crippen LogP contribution is 2.20. The van der Waals surface area contributed by atoms with Crippen LogP contribution in [-0.4, -0.2) is 22.9 Å². The van der Waals surface area contributed by atoms with Gasteiger partial charge in [0.2, 0.25) is 0 Å². The Morgan fingerprint density at radius 1 is 1.40 bits per heavy atom. The molecule has 1 aromatic rings. The van der Waals surface area contributed by atoms with Gasteiger partial charge in [-0.1, -0.05) is 0 Å². The first-order valence-corrected chi connectivity index (χ1v) is 7.06. The summed E-state index contributed by atoms with van der Waals surface area (Å²) in [7, 11) is 0. The molecule has 1 heterocycles. The van der Waals surface area contributed by atoms with Crippen LogP contribution in [0.4, 0.5) is 0 Å². The van der Waals surface area contributed by atoms with E-state index in [1.165, 1.54) is 24.6 Å². The molecular formula is C14H18BrNO4. The number of nitrogens with zero attached hydrogens (tertiary/aromatic N) is 1. The number of rotatable bonds is 5. The summed E-state index contributed by atoms with van der Waals surface area (Å²) in [6.07, 6.45) is 1.54. The van der Waals surface area contributed by atoms with E-state index >= 15 is 0 Å². The van der Waals surface area contributed by atoms with E-state index in [9.17, 15) is 14.4 Å². The largest absolute Gasteiger partial charge is 0.465 e. The van der Waals surface area contributed by atoms with Crippen LogP contribution in [0.3, 0.4) is 0 Å². The number of carbonyl (C=O) groups is 2. The molecule has 0 fully saturated rings. The molecule has 0 radical (unpaired) electrons. The third-order valence-electron chi connectivity index (χ3n) is 3.03. The number of ether oxygens (including phenoxy) is 1. The summed E-state index contributed by atoms with van der Waals surface area (Å²) in [5.74, 6) is -0.944. The first-order chi connectivity index (χ1) is 9.20. The molecule has 1 aromatic heterocycles. The maximum Gasteiger partial charge on any atom is 0.319 e. The van der Waals surface area contributed by atoms with E-state index in [2.05, 4.69) is 15.9 Å². The standard InChI is InChI=1S/C14H18BrNO4/c1-5-20-13(19)14(3,4)11(17)8-16-7-10(15)6-9(2)12(16)18/h6-7H,5,8H2,1-4H3. The van der Waals surface area contributed by atoms with E-state index in [4.69, 9.17) is 4.74 Å². The van der Waals surface area contributed by atoms with Gasteiger partial charge in [-0.2, -0.15) is 0 Å². The Kier molecular flexibility index (Phi) is 5.28. The number of carbonyl (C=O) groups excluding carboxylic acids is 2. The quantitative estimate of drug-likeness (QED) is 0.606. The van der Waals surface area contributed by atoms with Gasteiger partial charge in [-0.3, -0.25) is 14.4 Å². The number of pyridine rings is 1. The summed E-state index contributed by atoms with van der Waals surface area (Å²) in [6.45, 7) is 6.41. The van der Waals surface area contributed by atoms with Crippen LogP contribution >= 0.6 is 15.9 Å². The summed E-state index contributed by atoms with van der Waals surface area (Å²) >= 11 is 3.28. The van der Waals surface area contributed by atoms with Gasteiger partial charge in [0.05, 0.1) is 13.2 Å². The lowest BCUT2D eigenvalue weighted by atomic mass is 9.88. The third-order valence-corrected chi connectivity index (χ3v) is 3.46. The zero-order valence-electron chi connectivity index (χ0n) is 12.0. The van der Waals surface area contributed by atoms with Gasteiger partial charge >= 0.3 is 5.97 Å². The predicted octanol–water partition coefficient (Wildman–Crippen LogP) is 2.08. The van der Waals surface area contributed by atoms with Crippen LogP contribution in [0, 0.1) is 12.3 Å². The molecular weight excluding hydrogens is 326 g/mol. The Morgan fingerprint density at radius 2 is 2.00 bits per heavy atom. The normalized spacial score (nSPS) is 11.2. The van der Waals surface area contributed by atoms with Crippen LogP contribution in [0.5, 0.6) is 0 Å². The third kappa shape index (κ3) is 3.56. The van der Waals surface area contributed by atoms with E-state index in [0.29, 0.717) is 10.0 Å². The highest BCUT2D eigenvalue weighted by Gasteiger charge is 2.37. The Bertz CT molecular complexity index is 589. The van der Waals surface area contributed by atoms with Gasteiger partial charge in [0.1, 0.15) is 5.41 Å². The second-order valence-corrected chi connectivity index (χ2v) is 5.96. The SMILES string of the molecule is CCOC(=O)C(C)(C)C(=O)Cn1cc(Br)cc(C)c1=O. The minimum absolute atomic E-state index is 0.162. The van der Waals surface area contributed by atoms with E-state index < -0.39 is 11.4 Å². The number of ketones is 1. The van der Waals surface area contributed by atoms with Crippen molar-refractivity contribution in [3.05, 3.63) is 32.7 Å². The van der Waals surface area contributed by atoms with Crippen molar-refractivity contribution in [2.24, 2.45) is 5.41 Å². The number of hydrogen-bond acceptors (Lipinski definition) is 4. The molecule has 1 rings (SSSR count). The van der Waals surface area contributed by atoms with Crippen LogP contribution in [-0.2, 0) is 20.9 Å². The highest BCUT2D eigenvalue weighted by molar-refractivity contribution is 9.10. The lowest BCUT2D eigenvalue weighted by Gasteiger charge is -2.21. The van der Waals surface area contributed by atoms with Gasteiger partial charge in [-0.15, -0.1) is 0 Å². The number of aryl methyl sites for hydroxylation is 1. The Morgan fingerprint density at radius 3 is 2.55 bits per heavy atom. The lowest BCUT2D eigenvalue weighted by molar-refractivity contribution is -0.158. The van der Waals surface area contributed by atoms with Gasteiger partial charge in [-0.25, -0.2) is 0 Å². The van der Waals surface area contributed by atoms with Crippen molar-refractivity contribution in [2.45, 2.75) is 34.2 Å². The fourth-order valence-corrected chi connectivity index (χ4v) is 2.23. The molecule has 0 aliphatic carbocycles. The van der Waals surface area contributed by atoms with Crippen molar-refractivity contribution in [1.29, 1.82) is 0 Å². The molecule has 0 saturated carbocycles. The van der Waals surface area contributed by atoms with Crippen molar-refractivity contribution < 1.29 is 14.3 Å². The lowest BCUT2D eigenvalue weighted by Crippen LogP contribution is -2.39. The molecule has 0 amide bonds. The van der Waals surface area contributed by atoms with E-state index in [1.807, 2.05) is 0 Å². The van der Waals surface area contributed by atoms with Gasteiger partial charge < -0.3 is 9.30 Å². The van der Waals surface area contributed by atoms with Crippen molar-refractivity contribution in [2.75, 3.05) is 6.61 Å². The topological polar surface area (TPSA) is 65.4 Å². The Balaban J connectivity index is 3.02. The van der Waals surface area contributed by atoms with Crippen molar-refractivity contribution >= 4 is 27.7 Å². The molecule has 0 spiro atoms. The highest BCUT2D eigenvalue weighted by atomic mass is 79.9. The first-order valence-electron chi connectivity index (χ1n) is 6.27. The second kappa shape index (κ2) is 6.35. The average Bonchev–Trinajstić information content (AvgIpc) is 2.35. The molecule has 0 aliphatic heterocycles. The number of hydrogen-bond donors (Lipinski definition) is 0. The number of esters is 1. The number of aromatic nitrogens is 1. The Labute approximate surface area is 126 Å². The van der Waals surface area contributed by atoms with Crippen molar-refractivity contribution in [1.82, 2.24) is 4.57 Å². The van der Waals surface area contributed by atoms with Gasteiger partial charge in [0.25, 0.3) is 5.56 Å². The maximum absolute atomic E-state index is 12.2. The Hall–Kier alpha value is -1.43. The second-order valence-electron chi connectivity index (χ2n) is 5.04. The van der Waals surface area contributed by atoms with E-state index in [0.717, 1.165) is 0 Å². The molecule has 6 heteroatoms. The van der Waals surface area contributed by atoms with Gasteiger partial charge in [0.15, 0.2) is 5.78 Å². The maximum atomic E-state index is 12.2. The van der Waals surface area contributed by atoms with Gasteiger partial charge in [-0.05, 0) is 49.7 Å². The molecule has 0 saturated heterocycles. The molecule has 20 heavy (non-hydrogen) atoms. The van der Waals surface area contributed by atoms with Crippen molar-refractivity contribution in [3.63, 3.8) is 0 Å². The number of Topliss-reactive ketones (excluding diaryl/α,β-unsaturated/α-hetero) is 1. The minimum atomic E-state index is -1.27. The predicted molar refractivity (Wildman–Crippen MR) is 78.6 cm³/mol. The van der Waals surface area contributed by atoms with Crippen LogP contribution in [0.2, 0.25) is 0 Å². The fraction of sp³-hybridized carbons (Fsp3) is 0.500. The van der Waals surface area contributed by atoms with Crippen LogP contribution in [0.15, 0.2) is 21.5 Å². The molecule has 0 atom stereocenters. The summed E-state index contributed by atoms with van der Waals surface area (Å²) in [4.78, 5) is 36.0. The summed E-state index contributed by atoms with van der Waals surface area (Å²) in [5, 5.41) is 0. The molecule has 0 unspecified atom stereocenters. The monoisotopic (exact) mass is 343 g/mol.